The predicted octanol–water partition coefficient (Wildman–Crippen LogP) is 1.96. The summed E-state index contributed by atoms with van der Waals surface area (Å²) in [5.41, 5.74) is 6.31. The lowest BCUT2D eigenvalue weighted by Gasteiger charge is -2.33. The average molecular weight is 341 g/mol. The van der Waals surface area contributed by atoms with E-state index in [1.165, 1.54) is 4.31 Å². The normalized spacial score (nSPS) is 18.8. The molecule has 2 N–H and O–H groups in total. The van der Waals surface area contributed by atoms with Crippen molar-refractivity contribution in [3.05, 3.63) is 33.4 Å². The van der Waals surface area contributed by atoms with Crippen molar-refractivity contribution < 1.29 is 13.3 Å². The first-order valence-corrected chi connectivity index (χ1v) is 9.10. The number of benzene rings is 1. The third-order valence-corrected chi connectivity index (χ3v) is 6.63. The van der Waals surface area contributed by atoms with Crippen molar-refractivity contribution in [2.45, 2.75) is 44.6 Å². The number of piperidine rings is 1. The molecule has 0 amide bonds. The summed E-state index contributed by atoms with van der Waals surface area (Å²) >= 11 is 0. The van der Waals surface area contributed by atoms with E-state index in [0.717, 1.165) is 0 Å². The zero-order valence-electron chi connectivity index (χ0n) is 13.7. The third-order valence-electron chi connectivity index (χ3n) is 4.55. The van der Waals surface area contributed by atoms with Crippen molar-refractivity contribution in [1.29, 1.82) is 0 Å². The Hall–Kier alpha value is -1.51. The summed E-state index contributed by atoms with van der Waals surface area (Å²) in [6.45, 7) is 5.76. The lowest BCUT2D eigenvalue weighted by atomic mass is 9.92. The van der Waals surface area contributed by atoms with Crippen molar-refractivity contribution in [2.24, 2.45) is 11.7 Å². The Kier molecular flexibility index (Phi) is 5.07. The molecule has 1 aromatic carbocycles. The fourth-order valence-electron chi connectivity index (χ4n) is 3.09. The zero-order chi connectivity index (χ0) is 17.4. The number of aryl methyl sites for hydroxylation is 2. The molecule has 2 rings (SSSR count). The number of nitro benzene ring substituents is 1. The largest absolute Gasteiger partial charge is 0.328 e. The number of nitrogens with two attached hydrogens (primary N) is 1. The summed E-state index contributed by atoms with van der Waals surface area (Å²) in [4.78, 5) is 10.6. The topological polar surface area (TPSA) is 107 Å². The van der Waals surface area contributed by atoms with Gasteiger partial charge in [0.25, 0.3) is 5.69 Å². The Balaban J connectivity index is 2.42. The van der Waals surface area contributed by atoms with E-state index in [-0.39, 0.29) is 22.5 Å². The van der Waals surface area contributed by atoms with Gasteiger partial charge in [-0.2, -0.15) is 4.31 Å². The molecule has 7 nitrogen and oxygen atoms in total. The van der Waals surface area contributed by atoms with E-state index in [0.29, 0.717) is 37.1 Å². The first-order chi connectivity index (χ1) is 10.7. The standard InChI is InChI=1S/C15H23N3O4S/c1-10-4-5-11(2)15(14(10)18(19)20)23(21,22)17-8-6-13(7-9-17)12(3)16/h4-5,12-13H,6-9,16H2,1-3H3. The highest BCUT2D eigenvalue weighted by Gasteiger charge is 2.36. The molecule has 1 heterocycles. The van der Waals surface area contributed by atoms with Crippen LogP contribution in [0.3, 0.4) is 0 Å². The van der Waals surface area contributed by atoms with Gasteiger partial charge in [0.05, 0.1) is 4.92 Å². The van der Waals surface area contributed by atoms with Crippen molar-refractivity contribution in [1.82, 2.24) is 4.31 Å². The van der Waals surface area contributed by atoms with Crippen LogP contribution < -0.4 is 5.73 Å². The molecule has 0 aliphatic carbocycles. The highest BCUT2D eigenvalue weighted by atomic mass is 32.2. The lowest BCUT2D eigenvalue weighted by molar-refractivity contribution is -0.388. The summed E-state index contributed by atoms with van der Waals surface area (Å²) in [6.07, 6.45) is 1.35. The van der Waals surface area contributed by atoms with E-state index in [9.17, 15) is 18.5 Å². The van der Waals surface area contributed by atoms with Gasteiger partial charge in [-0.15, -0.1) is 0 Å². The second kappa shape index (κ2) is 6.54. The Morgan fingerprint density at radius 2 is 1.78 bits per heavy atom. The van der Waals surface area contributed by atoms with E-state index in [4.69, 9.17) is 5.73 Å². The molecular formula is C15H23N3O4S. The average Bonchev–Trinajstić information content (AvgIpc) is 2.48. The van der Waals surface area contributed by atoms with Crippen LogP contribution in [0, 0.1) is 29.9 Å². The van der Waals surface area contributed by atoms with Crippen LogP contribution in [-0.4, -0.2) is 36.8 Å². The van der Waals surface area contributed by atoms with Crippen LogP contribution in [0.4, 0.5) is 5.69 Å². The summed E-state index contributed by atoms with van der Waals surface area (Å²) in [6, 6.07) is 3.22. The lowest BCUT2D eigenvalue weighted by Crippen LogP contribution is -2.42. The monoisotopic (exact) mass is 341 g/mol. The first-order valence-electron chi connectivity index (χ1n) is 7.66. The molecular weight excluding hydrogens is 318 g/mol. The molecule has 1 aromatic rings. The van der Waals surface area contributed by atoms with Crippen LogP contribution in [0.5, 0.6) is 0 Å². The maximum Gasteiger partial charge on any atom is 0.292 e. The minimum absolute atomic E-state index is 0.0231. The van der Waals surface area contributed by atoms with Gasteiger partial charge in [0.1, 0.15) is 0 Å². The van der Waals surface area contributed by atoms with Crippen molar-refractivity contribution in [3.8, 4) is 0 Å². The van der Waals surface area contributed by atoms with Gasteiger partial charge in [-0.05, 0) is 45.1 Å². The minimum Gasteiger partial charge on any atom is -0.328 e. The van der Waals surface area contributed by atoms with E-state index in [2.05, 4.69) is 0 Å². The van der Waals surface area contributed by atoms with Crippen LogP contribution in [0.25, 0.3) is 0 Å². The van der Waals surface area contributed by atoms with E-state index < -0.39 is 14.9 Å². The maximum absolute atomic E-state index is 13.0. The molecule has 0 spiro atoms. The summed E-state index contributed by atoms with van der Waals surface area (Å²) < 4.78 is 27.3. The maximum atomic E-state index is 13.0. The zero-order valence-corrected chi connectivity index (χ0v) is 14.5. The van der Waals surface area contributed by atoms with Gasteiger partial charge in [-0.1, -0.05) is 12.1 Å². The van der Waals surface area contributed by atoms with Crippen LogP contribution in [0.2, 0.25) is 0 Å². The molecule has 0 saturated carbocycles. The predicted molar refractivity (Wildman–Crippen MR) is 87.7 cm³/mol. The van der Waals surface area contributed by atoms with E-state index in [1.54, 1.807) is 26.0 Å². The molecule has 8 heteroatoms. The number of sulfonamides is 1. The molecule has 23 heavy (non-hydrogen) atoms. The number of hydrogen-bond donors (Lipinski definition) is 1. The van der Waals surface area contributed by atoms with Gasteiger partial charge in [-0.25, -0.2) is 8.42 Å². The SMILES string of the molecule is Cc1ccc(C)c(S(=O)(=O)N2CCC(C(C)N)CC2)c1[N+](=O)[O-]. The second-order valence-electron chi connectivity index (χ2n) is 6.23. The van der Waals surface area contributed by atoms with Gasteiger partial charge in [0, 0.05) is 24.7 Å². The van der Waals surface area contributed by atoms with Crippen molar-refractivity contribution >= 4 is 15.7 Å². The summed E-state index contributed by atoms with van der Waals surface area (Å²) in [7, 11) is -3.89. The van der Waals surface area contributed by atoms with Crippen LogP contribution in [-0.2, 0) is 10.0 Å². The Bertz CT molecular complexity index is 708. The van der Waals surface area contributed by atoms with Crippen molar-refractivity contribution in [2.75, 3.05) is 13.1 Å². The molecule has 1 saturated heterocycles. The minimum atomic E-state index is -3.89. The second-order valence-corrected chi connectivity index (χ2v) is 8.11. The van der Waals surface area contributed by atoms with Gasteiger partial charge >= 0.3 is 0 Å². The molecule has 1 aliphatic heterocycles. The Morgan fingerprint density at radius 3 is 2.26 bits per heavy atom. The quantitative estimate of drug-likeness (QED) is 0.665. The Morgan fingerprint density at radius 1 is 1.26 bits per heavy atom. The first kappa shape index (κ1) is 17.8. The highest BCUT2D eigenvalue weighted by Crippen LogP contribution is 2.34. The van der Waals surface area contributed by atoms with Gasteiger partial charge in [0.15, 0.2) is 4.90 Å². The molecule has 128 valence electrons. The molecule has 0 aromatic heterocycles. The van der Waals surface area contributed by atoms with Gasteiger partial charge < -0.3 is 5.73 Å². The van der Waals surface area contributed by atoms with E-state index in [1.807, 2.05) is 6.92 Å². The fourth-order valence-corrected chi connectivity index (χ4v) is 5.00. The number of nitro groups is 1. The molecule has 1 atom stereocenters. The fraction of sp³-hybridized carbons (Fsp3) is 0.600. The summed E-state index contributed by atoms with van der Waals surface area (Å²) in [5, 5.41) is 11.4. The number of nitrogens with zero attached hydrogens (tertiary/aromatic N) is 2. The third kappa shape index (κ3) is 3.39. The smallest absolute Gasteiger partial charge is 0.292 e. The number of hydrogen-bond acceptors (Lipinski definition) is 5. The highest BCUT2D eigenvalue weighted by molar-refractivity contribution is 7.89. The van der Waals surface area contributed by atoms with Crippen LogP contribution in [0.1, 0.15) is 30.9 Å². The van der Waals surface area contributed by atoms with Crippen LogP contribution >= 0.6 is 0 Å². The van der Waals surface area contributed by atoms with Gasteiger partial charge in [0.2, 0.25) is 10.0 Å². The van der Waals surface area contributed by atoms with Crippen molar-refractivity contribution in [3.63, 3.8) is 0 Å². The summed E-state index contributed by atoms with van der Waals surface area (Å²) in [5.74, 6) is 0.287. The molecule has 0 radical (unpaired) electrons. The molecule has 1 unspecified atom stereocenters. The Labute approximate surface area is 136 Å². The molecule has 1 aliphatic rings. The van der Waals surface area contributed by atoms with E-state index >= 15 is 0 Å². The molecule has 1 fully saturated rings. The number of rotatable bonds is 4. The van der Waals surface area contributed by atoms with Crippen LogP contribution in [0.15, 0.2) is 17.0 Å². The van der Waals surface area contributed by atoms with Gasteiger partial charge in [-0.3, -0.25) is 10.1 Å². The molecule has 0 bridgehead atoms.